The standard InChI is InChI=1S/C19H21N3O5S/c1-27-16-4-2-3-15(13-16)19(24)22-11-9-21(10-12-22)18(23)14-5-7-17(8-6-14)28(20,25)26/h2-8,13H,9-12H2,1H3,(H2,20,25,26). The number of hydrogen-bond donors (Lipinski definition) is 1. The maximum Gasteiger partial charge on any atom is 0.254 e. The molecule has 2 amide bonds. The molecule has 2 aromatic carbocycles. The van der Waals surface area contributed by atoms with E-state index in [4.69, 9.17) is 9.88 Å². The molecule has 1 saturated heterocycles. The van der Waals surface area contributed by atoms with Gasteiger partial charge in [-0.25, -0.2) is 13.6 Å². The van der Waals surface area contributed by atoms with E-state index in [1.54, 1.807) is 41.2 Å². The van der Waals surface area contributed by atoms with E-state index >= 15 is 0 Å². The lowest BCUT2D eigenvalue weighted by Gasteiger charge is -2.35. The first kappa shape index (κ1) is 19.8. The molecule has 1 fully saturated rings. The van der Waals surface area contributed by atoms with Crippen LogP contribution >= 0.6 is 0 Å². The molecular formula is C19H21N3O5S. The number of hydrogen-bond acceptors (Lipinski definition) is 5. The van der Waals surface area contributed by atoms with E-state index in [-0.39, 0.29) is 16.7 Å². The van der Waals surface area contributed by atoms with Gasteiger partial charge in [-0.3, -0.25) is 9.59 Å². The predicted octanol–water partition coefficient (Wildman–Crippen LogP) is 0.941. The van der Waals surface area contributed by atoms with E-state index in [2.05, 4.69) is 0 Å². The van der Waals surface area contributed by atoms with Gasteiger partial charge in [0.15, 0.2) is 0 Å². The van der Waals surface area contributed by atoms with Crippen molar-refractivity contribution < 1.29 is 22.7 Å². The number of carbonyl (C=O) groups excluding carboxylic acids is 2. The summed E-state index contributed by atoms with van der Waals surface area (Å²) in [4.78, 5) is 28.6. The summed E-state index contributed by atoms with van der Waals surface area (Å²) >= 11 is 0. The van der Waals surface area contributed by atoms with E-state index in [1.165, 1.54) is 24.3 Å². The number of nitrogens with zero attached hydrogens (tertiary/aromatic N) is 2. The van der Waals surface area contributed by atoms with Crippen LogP contribution in [-0.2, 0) is 10.0 Å². The molecule has 2 N–H and O–H groups in total. The molecule has 3 rings (SSSR count). The van der Waals surface area contributed by atoms with Crippen molar-refractivity contribution in [1.29, 1.82) is 0 Å². The minimum Gasteiger partial charge on any atom is -0.497 e. The highest BCUT2D eigenvalue weighted by atomic mass is 32.2. The van der Waals surface area contributed by atoms with Gasteiger partial charge < -0.3 is 14.5 Å². The lowest BCUT2D eigenvalue weighted by molar-refractivity contribution is 0.0535. The van der Waals surface area contributed by atoms with Crippen LogP contribution in [0.15, 0.2) is 53.4 Å². The molecule has 1 heterocycles. The van der Waals surface area contributed by atoms with Crippen LogP contribution in [0.4, 0.5) is 0 Å². The minimum absolute atomic E-state index is 0.0437. The van der Waals surface area contributed by atoms with Crippen molar-refractivity contribution in [2.24, 2.45) is 5.14 Å². The van der Waals surface area contributed by atoms with Gasteiger partial charge in [-0.2, -0.15) is 0 Å². The van der Waals surface area contributed by atoms with Crippen LogP contribution in [0.2, 0.25) is 0 Å². The average Bonchev–Trinajstić information content (AvgIpc) is 2.72. The molecular weight excluding hydrogens is 382 g/mol. The van der Waals surface area contributed by atoms with Gasteiger partial charge in [-0.05, 0) is 42.5 Å². The molecule has 1 aliphatic heterocycles. The van der Waals surface area contributed by atoms with Crippen LogP contribution in [0.5, 0.6) is 5.75 Å². The number of carbonyl (C=O) groups is 2. The van der Waals surface area contributed by atoms with E-state index in [0.717, 1.165) is 0 Å². The highest BCUT2D eigenvalue weighted by Gasteiger charge is 2.26. The van der Waals surface area contributed by atoms with Crippen molar-refractivity contribution in [3.8, 4) is 5.75 Å². The summed E-state index contributed by atoms with van der Waals surface area (Å²) in [6.45, 7) is 1.62. The number of methoxy groups -OCH3 is 1. The van der Waals surface area contributed by atoms with Gasteiger partial charge in [-0.1, -0.05) is 6.07 Å². The third kappa shape index (κ3) is 4.32. The highest BCUT2D eigenvalue weighted by molar-refractivity contribution is 7.89. The number of rotatable bonds is 4. The number of primary sulfonamides is 1. The van der Waals surface area contributed by atoms with Crippen LogP contribution in [-0.4, -0.2) is 63.3 Å². The van der Waals surface area contributed by atoms with E-state index in [9.17, 15) is 18.0 Å². The molecule has 8 nitrogen and oxygen atoms in total. The van der Waals surface area contributed by atoms with E-state index in [0.29, 0.717) is 43.1 Å². The van der Waals surface area contributed by atoms with Crippen LogP contribution < -0.4 is 9.88 Å². The minimum atomic E-state index is -3.80. The fourth-order valence-electron chi connectivity index (χ4n) is 3.02. The quantitative estimate of drug-likeness (QED) is 0.817. The van der Waals surface area contributed by atoms with Crippen LogP contribution in [0.25, 0.3) is 0 Å². The Balaban J connectivity index is 1.63. The monoisotopic (exact) mass is 403 g/mol. The van der Waals surface area contributed by atoms with Crippen molar-refractivity contribution in [3.05, 3.63) is 59.7 Å². The summed E-state index contributed by atoms with van der Waals surface area (Å²) in [6.07, 6.45) is 0. The van der Waals surface area contributed by atoms with Crippen LogP contribution in [0.3, 0.4) is 0 Å². The molecule has 148 valence electrons. The van der Waals surface area contributed by atoms with E-state index < -0.39 is 10.0 Å². The number of piperazine rings is 1. The average molecular weight is 403 g/mol. The maximum atomic E-state index is 12.6. The van der Waals surface area contributed by atoms with Gasteiger partial charge >= 0.3 is 0 Å². The Morgan fingerprint density at radius 2 is 1.43 bits per heavy atom. The first-order valence-electron chi connectivity index (χ1n) is 8.65. The summed E-state index contributed by atoms with van der Waals surface area (Å²) in [7, 11) is -2.25. The normalized spacial score (nSPS) is 14.6. The van der Waals surface area contributed by atoms with Gasteiger partial charge in [0.1, 0.15) is 5.75 Å². The maximum absolute atomic E-state index is 12.6. The van der Waals surface area contributed by atoms with Gasteiger partial charge in [0.05, 0.1) is 12.0 Å². The fourth-order valence-corrected chi connectivity index (χ4v) is 3.54. The smallest absolute Gasteiger partial charge is 0.254 e. The van der Waals surface area contributed by atoms with Crippen molar-refractivity contribution in [2.75, 3.05) is 33.3 Å². The van der Waals surface area contributed by atoms with Crippen molar-refractivity contribution >= 4 is 21.8 Å². The Morgan fingerprint density at radius 3 is 1.93 bits per heavy atom. The largest absolute Gasteiger partial charge is 0.497 e. The van der Waals surface area contributed by atoms with Crippen molar-refractivity contribution in [1.82, 2.24) is 9.80 Å². The summed E-state index contributed by atoms with van der Waals surface area (Å²) in [5.41, 5.74) is 0.915. The Bertz CT molecular complexity index is 981. The molecule has 0 unspecified atom stereocenters. The zero-order valence-corrected chi connectivity index (χ0v) is 16.2. The second-order valence-electron chi connectivity index (χ2n) is 6.39. The zero-order chi connectivity index (χ0) is 20.3. The molecule has 0 aliphatic carbocycles. The Labute approximate surface area is 163 Å². The van der Waals surface area contributed by atoms with Gasteiger partial charge in [0, 0.05) is 37.3 Å². The number of sulfonamides is 1. The molecule has 0 radical (unpaired) electrons. The summed E-state index contributed by atoms with van der Waals surface area (Å²) < 4.78 is 27.8. The Kier molecular flexibility index (Phi) is 5.66. The lowest BCUT2D eigenvalue weighted by atomic mass is 10.1. The number of ether oxygens (including phenoxy) is 1. The second-order valence-corrected chi connectivity index (χ2v) is 7.95. The summed E-state index contributed by atoms with van der Waals surface area (Å²) in [5, 5.41) is 5.07. The highest BCUT2D eigenvalue weighted by Crippen LogP contribution is 2.17. The Morgan fingerprint density at radius 1 is 0.893 bits per heavy atom. The number of amides is 2. The van der Waals surface area contributed by atoms with Gasteiger partial charge in [0.2, 0.25) is 10.0 Å². The number of benzene rings is 2. The SMILES string of the molecule is COc1cccc(C(=O)N2CCN(C(=O)c3ccc(S(N)(=O)=O)cc3)CC2)c1. The van der Waals surface area contributed by atoms with Crippen molar-refractivity contribution in [2.45, 2.75) is 4.90 Å². The zero-order valence-electron chi connectivity index (χ0n) is 15.4. The topological polar surface area (TPSA) is 110 Å². The van der Waals surface area contributed by atoms with Crippen LogP contribution in [0, 0.1) is 0 Å². The molecule has 0 aromatic heterocycles. The molecule has 0 atom stereocenters. The molecule has 28 heavy (non-hydrogen) atoms. The fraction of sp³-hybridized carbons (Fsp3) is 0.263. The molecule has 1 aliphatic rings. The molecule has 0 spiro atoms. The lowest BCUT2D eigenvalue weighted by Crippen LogP contribution is -2.50. The second kappa shape index (κ2) is 7.99. The van der Waals surface area contributed by atoms with Gasteiger partial charge in [-0.15, -0.1) is 0 Å². The number of nitrogens with two attached hydrogens (primary N) is 1. The first-order valence-corrected chi connectivity index (χ1v) is 10.2. The first-order chi connectivity index (χ1) is 13.3. The molecule has 0 bridgehead atoms. The van der Waals surface area contributed by atoms with Crippen LogP contribution in [0.1, 0.15) is 20.7 Å². The molecule has 0 saturated carbocycles. The van der Waals surface area contributed by atoms with E-state index in [1.807, 2.05) is 0 Å². The van der Waals surface area contributed by atoms with Crippen molar-refractivity contribution in [3.63, 3.8) is 0 Å². The molecule has 2 aromatic rings. The summed E-state index contributed by atoms with van der Waals surface area (Å²) in [6, 6.07) is 12.5. The van der Waals surface area contributed by atoms with Gasteiger partial charge in [0.25, 0.3) is 11.8 Å². The Hall–Kier alpha value is -2.91. The predicted molar refractivity (Wildman–Crippen MR) is 103 cm³/mol. The molecule has 9 heteroatoms. The third-order valence-electron chi connectivity index (χ3n) is 4.60. The summed E-state index contributed by atoms with van der Waals surface area (Å²) in [5.74, 6) is 0.292. The third-order valence-corrected chi connectivity index (χ3v) is 5.53.